The highest BCUT2D eigenvalue weighted by atomic mass is 35.5. The van der Waals surface area contributed by atoms with Crippen molar-refractivity contribution in [3.8, 4) is 20.9 Å². The molecule has 11 heteroatoms. The van der Waals surface area contributed by atoms with Crippen LogP contribution in [0, 0.1) is 5.82 Å². The average Bonchev–Trinajstić information content (AvgIpc) is 3.59. The fraction of sp³-hybridized carbons (Fsp3) is 0.125. The van der Waals surface area contributed by atoms with E-state index in [1.165, 1.54) is 34.8 Å². The Morgan fingerprint density at radius 1 is 0.698 bits per heavy atom. The Labute approximate surface area is 276 Å². The molecule has 2 N–H and O–H groups in total. The minimum atomic E-state index is -0.833. The van der Waals surface area contributed by atoms with E-state index in [2.05, 4.69) is 5.32 Å². The number of aliphatic carboxylic acids is 1. The van der Waals surface area contributed by atoms with Gasteiger partial charge in [0.05, 0.1) is 22.9 Å². The van der Waals surface area contributed by atoms with Gasteiger partial charge in [0, 0.05) is 47.2 Å². The van der Waals surface area contributed by atoms with E-state index >= 15 is 0 Å². The maximum atomic E-state index is 12.9. The first-order valence-corrected chi connectivity index (χ1v) is 16.0. The molecule has 0 radical (unpaired) electrons. The minimum absolute atomic E-state index is 0.0376. The number of hydrogen-bond acceptors (Lipinski definition) is 4. The van der Waals surface area contributed by atoms with Crippen LogP contribution in [-0.4, -0.2) is 23.5 Å². The van der Waals surface area contributed by atoms with E-state index in [0.717, 1.165) is 36.2 Å². The van der Waals surface area contributed by atoms with Crippen molar-refractivity contribution >= 4 is 81.0 Å². The smallest absolute Gasteiger partial charge is 0.308 e. The van der Waals surface area contributed by atoms with E-state index in [1.54, 1.807) is 42.5 Å². The summed E-state index contributed by atoms with van der Waals surface area (Å²) in [5.41, 5.74) is 2.77. The van der Waals surface area contributed by atoms with Crippen molar-refractivity contribution in [2.75, 3.05) is 6.54 Å². The number of carbonyl (C=O) groups is 2. The van der Waals surface area contributed by atoms with Gasteiger partial charge in [0.25, 0.3) is 0 Å². The van der Waals surface area contributed by atoms with Gasteiger partial charge in [-0.1, -0.05) is 70.7 Å². The SMILES string of the molecule is O=C(Cc1ccc(-c2ccc(Cl)cc2Cl)s1)NCCc1ccc(F)cc1.O=C(O)Cc1ccc(-c2ccc(Cl)cc2Cl)s1. The zero-order valence-electron chi connectivity index (χ0n) is 22.4. The zero-order valence-corrected chi connectivity index (χ0v) is 27.0. The topological polar surface area (TPSA) is 66.4 Å². The monoisotopic (exact) mass is 693 g/mol. The van der Waals surface area contributed by atoms with Crippen LogP contribution in [0.1, 0.15) is 15.3 Å². The lowest BCUT2D eigenvalue weighted by Crippen LogP contribution is -2.26. The molecule has 0 fully saturated rings. The molecule has 0 unspecified atom stereocenters. The van der Waals surface area contributed by atoms with Crippen molar-refractivity contribution in [1.29, 1.82) is 0 Å². The lowest BCUT2D eigenvalue weighted by atomic mass is 10.1. The number of carbonyl (C=O) groups excluding carboxylic acids is 1. The molecule has 0 saturated carbocycles. The van der Waals surface area contributed by atoms with Crippen LogP contribution >= 0.6 is 69.1 Å². The van der Waals surface area contributed by atoms with E-state index in [-0.39, 0.29) is 18.1 Å². The van der Waals surface area contributed by atoms with Crippen molar-refractivity contribution in [3.05, 3.63) is 126 Å². The highest BCUT2D eigenvalue weighted by Gasteiger charge is 2.11. The quantitative estimate of drug-likeness (QED) is 0.161. The van der Waals surface area contributed by atoms with E-state index < -0.39 is 5.97 Å². The zero-order chi connectivity index (χ0) is 30.9. The predicted octanol–water partition coefficient (Wildman–Crippen LogP) is 10.1. The number of amides is 1. The Morgan fingerprint density at radius 3 is 1.70 bits per heavy atom. The third kappa shape index (κ3) is 10.1. The Bertz CT molecular complexity index is 1720. The molecule has 0 aliphatic heterocycles. The summed E-state index contributed by atoms with van der Waals surface area (Å²) in [4.78, 5) is 26.4. The van der Waals surface area contributed by atoms with Crippen molar-refractivity contribution in [2.45, 2.75) is 19.3 Å². The Hall–Kier alpha value is -2.91. The van der Waals surface area contributed by atoms with Gasteiger partial charge in [0.1, 0.15) is 5.82 Å². The molecule has 5 aromatic rings. The van der Waals surface area contributed by atoms with E-state index in [4.69, 9.17) is 51.5 Å². The fourth-order valence-electron chi connectivity index (χ4n) is 3.98. The van der Waals surface area contributed by atoms with E-state index in [1.807, 2.05) is 30.3 Å². The Kier molecular flexibility index (Phi) is 12.1. The van der Waals surface area contributed by atoms with Crippen LogP contribution in [0.15, 0.2) is 84.9 Å². The van der Waals surface area contributed by atoms with Crippen LogP contribution in [0.25, 0.3) is 20.9 Å². The van der Waals surface area contributed by atoms with Crippen LogP contribution in [0.4, 0.5) is 4.39 Å². The molecule has 0 spiro atoms. The van der Waals surface area contributed by atoms with Gasteiger partial charge in [0.2, 0.25) is 5.91 Å². The maximum absolute atomic E-state index is 12.9. The Balaban J connectivity index is 0.000000215. The molecule has 222 valence electrons. The van der Waals surface area contributed by atoms with Gasteiger partial charge in [0.15, 0.2) is 0 Å². The number of halogens is 5. The lowest BCUT2D eigenvalue weighted by molar-refractivity contribution is -0.136. The molecule has 0 aliphatic rings. The summed E-state index contributed by atoms with van der Waals surface area (Å²) in [6.45, 7) is 0.520. The van der Waals surface area contributed by atoms with Crippen LogP contribution in [-0.2, 0) is 28.9 Å². The average molecular weight is 695 g/mol. The summed E-state index contributed by atoms with van der Waals surface area (Å²) in [5.74, 6) is -1.13. The molecule has 0 aliphatic carbocycles. The first-order valence-electron chi connectivity index (χ1n) is 12.9. The van der Waals surface area contributed by atoms with Crippen molar-refractivity contribution in [3.63, 3.8) is 0 Å². The summed E-state index contributed by atoms with van der Waals surface area (Å²) < 4.78 is 12.9. The third-order valence-electron chi connectivity index (χ3n) is 6.03. The molecular formula is C32H24Cl4FNO3S2. The first kappa shape index (κ1) is 33.0. The summed E-state index contributed by atoms with van der Waals surface area (Å²) in [7, 11) is 0. The molecular weight excluding hydrogens is 671 g/mol. The second-order valence-corrected chi connectivity index (χ2v) is 13.3. The second kappa shape index (κ2) is 15.7. The maximum Gasteiger partial charge on any atom is 0.308 e. The van der Waals surface area contributed by atoms with Gasteiger partial charge >= 0.3 is 5.97 Å². The lowest BCUT2D eigenvalue weighted by Gasteiger charge is -2.05. The number of thiophene rings is 2. The van der Waals surface area contributed by atoms with Gasteiger partial charge in [-0.25, -0.2) is 4.39 Å². The summed E-state index contributed by atoms with van der Waals surface area (Å²) in [5, 5.41) is 13.9. The van der Waals surface area contributed by atoms with Gasteiger partial charge in [-0.3, -0.25) is 9.59 Å². The fourth-order valence-corrected chi connectivity index (χ4v) is 7.20. The first-order chi connectivity index (χ1) is 20.6. The third-order valence-corrected chi connectivity index (χ3v) is 9.36. The second-order valence-electron chi connectivity index (χ2n) is 9.25. The highest BCUT2D eigenvalue weighted by Crippen LogP contribution is 2.36. The predicted molar refractivity (Wildman–Crippen MR) is 178 cm³/mol. The van der Waals surface area contributed by atoms with Gasteiger partial charge < -0.3 is 10.4 Å². The molecule has 0 saturated heterocycles. The highest BCUT2D eigenvalue weighted by molar-refractivity contribution is 7.16. The van der Waals surface area contributed by atoms with E-state index in [9.17, 15) is 14.0 Å². The van der Waals surface area contributed by atoms with Gasteiger partial charge in [-0.05, 0) is 72.6 Å². The molecule has 0 bridgehead atoms. The van der Waals surface area contributed by atoms with Crippen LogP contribution in [0.5, 0.6) is 0 Å². The molecule has 2 heterocycles. The van der Waals surface area contributed by atoms with E-state index in [0.29, 0.717) is 39.5 Å². The largest absolute Gasteiger partial charge is 0.481 e. The number of nitrogens with one attached hydrogen (secondary N) is 1. The number of benzene rings is 3. The summed E-state index contributed by atoms with van der Waals surface area (Å²) in [6.07, 6.45) is 1.03. The van der Waals surface area contributed by atoms with Crippen LogP contribution < -0.4 is 5.32 Å². The Morgan fingerprint density at radius 2 is 1.21 bits per heavy atom. The van der Waals surface area contributed by atoms with Crippen LogP contribution in [0.2, 0.25) is 20.1 Å². The molecule has 5 rings (SSSR count). The minimum Gasteiger partial charge on any atom is -0.481 e. The molecule has 3 aromatic carbocycles. The summed E-state index contributed by atoms with van der Waals surface area (Å²) in [6, 6.07) is 24.5. The number of rotatable bonds is 9. The molecule has 43 heavy (non-hydrogen) atoms. The van der Waals surface area contributed by atoms with Crippen molar-refractivity contribution in [2.24, 2.45) is 0 Å². The number of hydrogen-bond donors (Lipinski definition) is 2. The van der Waals surface area contributed by atoms with Crippen LogP contribution in [0.3, 0.4) is 0 Å². The summed E-state index contributed by atoms with van der Waals surface area (Å²) >= 11 is 27.0. The van der Waals surface area contributed by atoms with Gasteiger partial charge in [-0.15, -0.1) is 22.7 Å². The molecule has 2 aromatic heterocycles. The molecule has 1 amide bonds. The number of carboxylic acid groups (broad SMARTS) is 1. The molecule has 4 nitrogen and oxygen atoms in total. The standard InChI is InChI=1S/C20H16Cl2FNOS.C12H8Cl2O2S/c21-14-3-7-17(18(22)11-14)19-8-6-16(26-19)12-20(25)24-10-9-13-1-4-15(23)5-2-13;13-7-1-3-9(10(14)5-7)11-4-2-8(17-11)6-12(15)16/h1-8,11H,9-10,12H2,(H,24,25);1-5H,6H2,(H,15,16). The normalized spacial score (nSPS) is 10.6. The number of carboxylic acids is 1. The van der Waals surface area contributed by atoms with Crippen molar-refractivity contribution < 1.29 is 19.1 Å². The van der Waals surface area contributed by atoms with Crippen molar-refractivity contribution in [1.82, 2.24) is 5.32 Å². The molecule has 0 atom stereocenters. The van der Waals surface area contributed by atoms with Gasteiger partial charge in [-0.2, -0.15) is 0 Å².